The third-order valence-corrected chi connectivity index (χ3v) is 3.12. The maximum absolute atomic E-state index is 5.65. The van der Waals surface area contributed by atoms with E-state index in [0.717, 1.165) is 30.2 Å². The second-order valence-electron chi connectivity index (χ2n) is 4.25. The van der Waals surface area contributed by atoms with Crippen molar-refractivity contribution in [3.05, 3.63) is 29.8 Å². The van der Waals surface area contributed by atoms with Gasteiger partial charge in [-0.3, -0.25) is 0 Å². The molecule has 1 aromatic heterocycles. The summed E-state index contributed by atoms with van der Waals surface area (Å²) >= 11 is 0. The molecule has 0 fully saturated rings. The number of aromatic nitrogens is 3. The summed E-state index contributed by atoms with van der Waals surface area (Å²) in [5.74, 6) is 1.87. The lowest BCUT2D eigenvalue weighted by atomic mass is 10.0. The minimum absolute atomic E-state index is 0.154. The van der Waals surface area contributed by atoms with Crippen molar-refractivity contribution in [2.45, 2.75) is 12.5 Å². The maximum Gasteiger partial charge on any atom is 0.241 e. The number of benzene rings is 1. The van der Waals surface area contributed by atoms with Gasteiger partial charge < -0.3 is 15.8 Å². The number of nitrogen functional groups attached to an aromatic ring is 1. The van der Waals surface area contributed by atoms with Gasteiger partial charge in [0.15, 0.2) is 0 Å². The highest BCUT2D eigenvalue weighted by atomic mass is 16.5. The molecule has 3 N–H and O–H groups in total. The van der Waals surface area contributed by atoms with Crippen LogP contribution >= 0.6 is 0 Å². The lowest BCUT2D eigenvalue weighted by Gasteiger charge is -2.24. The van der Waals surface area contributed by atoms with Crippen LogP contribution < -0.4 is 15.8 Å². The van der Waals surface area contributed by atoms with Crippen molar-refractivity contribution in [3.63, 3.8) is 0 Å². The van der Waals surface area contributed by atoms with Crippen LogP contribution in [0.3, 0.4) is 0 Å². The first-order valence-electron chi connectivity index (χ1n) is 5.88. The lowest BCUT2D eigenvalue weighted by Crippen LogP contribution is -2.24. The zero-order chi connectivity index (χ0) is 12.5. The van der Waals surface area contributed by atoms with Crippen LogP contribution in [0.4, 0.5) is 11.9 Å². The molecule has 0 saturated heterocycles. The van der Waals surface area contributed by atoms with E-state index in [1.165, 1.54) is 0 Å². The zero-order valence-electron chi connectivity index (χ0n) is 10.1. The Bertz CT molecular complexity index is 565. The fraction of sp³-hybridized carbons (Fsp3) is 0.333. The van der Waals surface area contributed by atoms with Crippen LogP contribution in [-0.2, 0) is 0 Å². The van der Waals surface area contributed by atoms with E-state index >= 15 is 0 Å². The Kier molecular flexibility index (Phi) is 2.55. The van der Waals surface area contributed by atoms with E-state index in [9.17, 15) is 0 Å². The number of nitrogens with two attached hydrogens (primary N) is 1. The molecule has 3 rings (SSSR count). The van der Waals surface area contributed by atoms with Gasteiger partial charge in [0.2, 0.25) is 11.9 Å². The molecule has 0 aliphatic carbocycles. The second kappa shape index (κ2) is 4.21. The topological polar surface area (TPSA) is 78.0 Å². The molecular weight excluding hydrogens is 230 g/mol. The lowest BCUT2D eigenvalue weighted by molar-refractivity contribution is 0.411. The fourth-order valence-corrected chi connectivity index (χ4v) is 2.28. The van der Waals surface area contributed by atoms with Gasteiger partial charge in [0.1, 0.15) is 5.75 Å². The Morgan fingerprint density at radius 1 is 1.50 bits per heavy atom. The first-order valence-corrected chi connectivity index (χ1v) is 5.88. The number of anilines is 2. The van der Waals surface area contributed by atoms with Crippen molar-refractivity contribution < 1.29 is 4.74 Å². The van der Waals surface area contributed by atoms with Crippen molar-refractivity contribution in [2.24, 2.45) is 0 Å². The summed E-state index contributed by atoms with van der Waals surface area (Å²) in [7, 11) is 1.67. The number of ether oxygens (including phenoxy) is 1. The number of rotatable bonds is 2. The number of methoxy groups -OCH3 is 1. The van der Waals surface area contributed by atoms with Crippen LogP contribution in [0.25, 0.3) is 0 Å². The Morgan fingerprint density at radius 3 is 3.22 bits per heavy atom. The minimum Gasteiger partial charge on any atom is -0.497 e. The first-order chi connectivity index (χ1) is 8.78. The van der Waals surface area contributed by atoms with Gasteiger partial charge in [-0.05, 0) is 24.1 Å². The molecular formula is C12H15N5O. The van der Waals surface area contributed by atoms with Crippen LogP contribution in [0.5, 0.6) is 5.75 Å². The molecule has 2 heterocycles. The van der Waals surface area contributed by atoms with Gasteiger partial charge in [0, 0.05) is 6.54 Å². The maximum atomic E-state index is 5.65. The van der Waals surface area contributed by atoms with Crippen LogP contribution in [0.15, 0.2) is 24.3 Å². The summed E-state index contributed by atoms with van der Waals surface area (Å²) in [5.41, 5.74) is 6.80. The second-order valence-corrected chi connectivity index (χ2v) is 4.25. The minimum atomic E-state index is 0.154. The van der Waals surface area contributed by atoms with E-state index in [-0.39, 0.29) is 6.04 Å². The monoisotopic (exact) mass is 245 g/mol. The number of nitrogens with one attached hydrogen (secondary N) is 1. The van der Waals surface area contributed by atoms with Gasteiger partial charge in [0.25, 0.3) is 0 Å². The van der Waals surface area contributed by atoms with E-state index in [1.807, 2.05) is 22.9 Å². The summed E-state index contributed by atoms with van der Waals surface area (Å²) in [6.07, 6.45) is 0.947. The number of hydrogen-bond acceptors (Lipinski definition) is 5. The molecule has 18 heavy (non-hydrogen) atoms. The molecule has 0 spiro atoms. The van der Waals surface area contributed by atoms with E-state index in [2.05, 4.69) is 21.5 Å². The highest BCUT2D eigenvalue weighted by Gasteiger charge is 2.24. The van der Waals surface area contributed by atoms with Gasteiger partial charge >= 0.3 is 0 Å². The van der Waals surface area contributed by atoms with E-state index in [4.69, 9.17) is 10.5 Å². The molecule has 2 aromatic rings. The molecule has 0 saturated carbocycles. The molecule has 94 valence electrons. The standard InChI is InChI=1S/C12H15N5O/c1-18-9-4-2-3-8(7-9)10-5-6-14-12-15-11(13)16-17(10)12/h2-4,7,10H,5-6H2,1H3,(H3,13,14,15,16). The quantitative estimate of drug-likeness (QED) is 0.833. The van der Waals surface area contributed by atoms with Gasteiger partial charge in [0.05, 0.1) is 13.2 Å². The average molecular weight is 245 g/mol. The predicted molar refractivity (Wildman–Crippen MR) is 68.7 cm³/mol. The van der Waals surface area contributed by atoms with Gasteiger partial charge in [-0.1, -0.05) is 12.1 Å². The molecule has 1 atom stereocenters. The average Bonchev–Trinajstić information content (AvgIpc) is 2.78. The van der Waals surface area contributed by atoms with Crippen molar-refractivity contribution in [1.29, 1.82) is 0 Å². The number of fused-ring (bicyclic) bond motifs is 1. The normalized spacial score (nSPS) is 17.9. The summed E-state index contributed by atoms with van der Waals surface area (Å²) < 4.78 is 7.09. The molecule has 6 nitrogen and oxygen atoms in total. The highest BCUT2D eigenvalue weighted by molar-refractivity contribution is 5.38. The van der Waals surface area contributed by atoms with E-state index in [0.29, 0.717) is 5.95 Å². The molecule has 1 aliphatic rings. The van der Waals surface area contributed by atoms with Crippen LogP contribution in [0.2, 0.25) is 0 Å². The summed E-state index contributed by atoms with van der Waals surface area (Å²) in [6, 6.07) is 8.16. The van der Waals surface area contributed by atoms with Gasteiger partial charge in [-0.25, -0.2) is 4.68 Å². The van der Waals surface area contributed by atoms with Crippen molar-refractivity contribution >= 4 is 11.9 Å². The smallest absolute Gasteiger partial charge is 0.241 e. The Labute approximate surface area is 105 Å². The molecule has 1 aromatic carbocycles. The van der Waals surface area contributed by atoms with Gasteiger partial charge in [-0.15, -0.1) is 5.10 Å². The SMILES string of the molecule is COc1cccc(C2CCNc3nc(N)nn32)c1. The van der Waals surface area contributed by atoms with Crippen LogP contribution in [0.1, 0.15) is 18.0 Å². The molecule has 1 aliphatic heterocycles. The Balaban J connectivity index is 2.02. The molecule has 1 unspecified atom stereocenters. The van der Waals surface area contributed by atoms with E-state index in [1.54, 1.807) is 7.11 Å². The third-order valence-electron chi connectivity index (χ3n) is 3.12. The third kappa shape index (κ3) is 1.75. The molecule has 0 radical (unpaired) electrons. The predicted octanol–water partition coefficient (Wildman–Crippen LogP) is 1.27. The first kappa shape index (κ1) is 10.9. The van der Waals surface area contributed by atoms with E-state index < -0.39 is 0 Å². The largest absolute Gasteiger partial charge is 0.497 e. The fourth-order valence-electron chi connectivity index (χ4n) is 2.28. The molecule has 0 amide bonds. The van der Waals surface area contributed by atoms with Crippen molar-refractivity contribution in [2.75, 3.05) is 24.7 Å². The summed E-state index contributed by atoms with van der Waals surface area (Å²) in [5, 5.41) is 7.43. The highest BCUT2D eigenvalue weighted by Crippen LogP contribution is 2.30. The number of hydrogen-bond donors (Lipinski definition) is 2. The summed E-state index contributed by atoms with van der Waals surface area (Å²) in [6.45, 7) is 0.861. The number of nitrogens with zero attached hydrogens (tertiary/aromatic N) is 3. The van der Waals surface area contributed by atoms with Gasteiger partial charge in [-0.2, -0.15) is 4.98 Å². The van der Waals surface area contributed by atoms with Crippen molar-refractivity contribution in [3.8, 4) is 5.75 Å². The summed E-state index contributed by atoms with van der Waals surface area (Å²) in [4.78, 5) is 4.16. The zero-order valence-corrected chi connectivity index (χ0v) is 10.1. The Hall–Kier alpha value is -2.24. The van der Waals surface area contributed by atoms with Crippen molar-refractivity contribution in [1.82, 2.24) is 14.8 Å². The molecule has 0 bridgehead atoms. The molecule has 6 heteroatoms. The van der Waals surface area contributed by atoms with Crippen LogP contribution in [0, 0.1) is 0 Å². The van der Waals surface area contributed by atoms with Crippen LogP contribution in [-0.4, -0.2) is 28.4 Å². The Morgan fingerprint density at radius 2 is 2.39 bits per heavy atom.